The quantitative estimate of drug-likeness (QED) is 0.506. The van der Waals surface area contributed by atoms with Gasteiger partial charge in [-0.05, 0) is 30.9 Å². The molecule has 1 amide bonds. The Morgan fingerprint density at radius 3 is 3.00 bits per heavy atom. The molecule has 0 atom stereocenters. The lowest BCUT2D eigenvalue weighted by Gasteiger charge is -2.05. The van der Waals surface area contributed by atoms with Crippen molar-refractivity contribution in [1.29, 1.82) is 0 Å². The molecule has 3 N–H and O–H groups in total. The fraction of sp³-hybridized carbons (Fsp3) is 0.357. The molecule has 0 unspecified atom stereocenters. The van der Waals surface area contributed by atoms with Gasteiger partial charge in [0.1, 0.15) is 10.7 Å². The van der Waals surface area contributed by atoms with Crippen LogP contribution in [0.25, 0.3) is 10.1 Å². The average Bonchev–Trinajstić information content (AvgIpc) is 3.19. The van der Waals surface area contributed by atoms with Crippen molar-refractivity contribution in [3.63, 3.8) is 0 Å². The Hall–Kier alpha value is -1.50. The van der Waals surface area contributed by atoms with E-state index in [1.165, 1.54) is 30.2 Å². The second-order valence-electron chi connectivity index (χ2n) is 4.95. The fourth-order valence-electron chi connectivity index (χ4n) is 2.17. The number of benzene rings is 1. The third-order valence-electron chi connectivity index (χ3n) is 3.40. The Bertz CT molecular complexity index is 652. The maximum atomic E-state index is 14.0. The van der Waals surface area contributed by atoms with Crippen LogP contribution < -0.4 is 11.3 Å². The van der Waals surface area contributed by atoms with Gasteiger partial charge in [-0.1, -0.05) is 6.07 Å². The van der Waals surface area contributed by atoms with Gasteiger partial charge in [0.2, 0.25) is 0 Å². The molecule has 1 aromatic heterocycles. The van der Waals surface area contributed by atoms with Crippen molar-refractivity contribution in [2.75, 3.05) is 6.61 Å². The number of rotatable bonds is 5. The van der Waals surface area contributed by atoms with E-state index in [0.29, 0.717) is 28.4 Å². The van der Waals surface area contributed by atoms with Gasteiger partial charge in [-0.25, -0.2) is 10.2 Å². The van der Waals surface area contributed by atoms with E-state index >= 15 is 0 Å². The highest BCUT2D eigenvalue weighted by Crippen LogP contribution is 2.34. The zero-order valence-electron chi connectivity index (χ0n) is 10.8. The number of fused-ring (bicyclic) bond motifs is 1. The number of hydrazine groups is 1. The molecule has 1 fully saturated rings. The third kappa shape index (κ3) is 2.54. The maximum Gasteiger partial charge on any atom is 0.275 e. The zero-order chi connectivity index (χ0) is 14.1. The maximum absolute atomic E-state index is 14.0. The molecule has 4 nitrogen and oxygen atoms in total. The van der Waals surface area contributed by atoms with Crippen LogP contribution in [0.3, 0.4) is 0 Å². The van der Waals surface area contributed by atoms with Crippen LogP contribution in [0.15, 0.2) is 18.2 Å². The summed E-state index contributed by atoms with van der Waals surface area (Å²) in [4.78, 5) is 12.2. The second kappa shape index (κ2) is 5.47. The number of nitrogen functional groups attached to an aromatic ring is 1. The van der Waals surface area contributed by atoms with Crippen LogP contribution >= 0.6 is 11.3 Å². The predicted molar refractivity (Wildman–Crippen MR) is 75.8 cm³/mol. The van der Waals surface area contributed by atoms with Gasteiger partial charge >= 0.3 is 0 Å². The van der Waals surface area contributed by atoms with Crippen molar-refractivity contribution >= 4 is 27.3 Å². The summed E-state index contributed by atoms with van der Waals surface area (Å²) in [6.07, 6.45) is 2.38. The Kier molecular flexibility index (Phi) is 3.69. The van der Waals surface area contributed by atoms with Gasteiger partial charge in [-0.2, -0.15) is 0 Å². The van der Waals surface area contributed by atoms with E-state index in [0.717, 1.165) is 4.70 Å². The number of ether oxygens (including phenoxy) is 1. The molecule has 20 heavy (non-hydrogen) atoms. The normalized spacial score (nSPS) is 14.7. The van der Waals surface area contributed by atoms with Gasteiger partial charge in [0, 0.05) is 22.3 Å². The number of halogens is 1. The van der Waals surface area contributed by atoms with E-state index in [1.807, 2.05) is 0 Å². The van der Waals surface area contributed by atoms with Crippen molar-refractivity contribution in [2.45, 2.75) is 19.4 Å². The SMILES string of the molecule is NNC(=O)c1sc2cccc(F)c2c1COCC1CC1. The van der Waals surface area contributed by atoms with Gasteiger partial charge in [0.15, 0.2) is 0 Å². The van der Waals surface area contributed by atoms with Crippen LogP contribution in [0.2, 0.25) is 0 Å². The van der Waals surface area contributed by atoms with Crippen molar-refractivity contribution in [2.24, 2.45) is 11.8 Å². The molecule has 3 rings (SSSR count). The van der Waals surface area contributed by atoms with Crippen LogP contribution in [-0.4, -0.2) is 12.5 Å². The summed E-state index contributed by atoms with van der Waals surface area (Å²) in [5.74, 6) is 5.07. The third-order valence-corrected chi connectivity index (χ3v) is 4.59. The summed E-state index contributed by atoms with van der Waals surface area (Å²) in [5, 5.41) is 0.465. The smallest absolute Gasteiger partial charge is 0.275 e. The number of thiophene rings is 1. The lowest BCUT2D eigenvalue weighted by Crippen LogP contribution is -2.30. The zero-order valence-corrected chi connectivity index (χ0v) is 11.6. The molecule has 0 bridgehead atoms. The first kappa shape index (κ1) is 13.5. The van der Waals surface area contributed by atoms with Gasteiger partial charge in [0.05, 0.1) is 6.61 Å². The highest BCUT2D eigenvalue weighted by Gasteiger charge is 2.23. The van der Waals surface area contributed by atoms with Crippen molar-refractivity contribution in [3.05, 3.63) is 34.5 Å². The van der Waals surface area contributed by atoms with E-state index in [1.54, 1.807) is 12.1 Å². The first-order chi connectivity index (χ1) is 9.70. The van der Waals surface area contributed by atoms with Crippen molar-refractivity contribution in [1.82, 2.24) is 5.43 Å². The number of carbonyl (C=O) groups is 1. The number of amides is 1. The van der Waals surface area contributed by atoms with Crippen LogP contribution in [0.4, 0.5) is 4.39 Å². The molecule has 106 valence electrons. The first-order valence-corrected chi connectivity index (χ1v) is 7.31. The summed E-state index contributed by atoms with van der Waals surface area (Å²) in [6.45, 7) is 0.898. The number of hydrogen-bond donors (Lipinski definition) is 2. The monoisotopic (exact) mass is 294 g/mol. The minimum absolute atomic E-state index is 0.236. The van der Waals surface area contributed by atoms with Gasteiger partial charge in [-0.15, -0.1) is 11.3 Å². The molecule has 1 saturated carbocycles. The van der Waals surface area contributed by atoms with E-state index in [2.05, 4.69) is 5.43 Å². The molecular weight excluding hydrogens is 279 g/mol. The van der Waals surface area contributed by atoms with E-state index in [4.69, 9.17) is 10.6 Å². The lowest BCUT2D eigenvalue weighted by atomic mass is 10.1. The molecule has 2 aromatic rings. The van der Waals surface area contributed by atoms with Gasteiger partial charge < -0.3 is 4.74 Å². The number of hydrogen-bond acceptors (Lipinski definition) is 4. The summed E-state index contributed by atoms with van der Waals surface area (Å²) in [5.41, 5.74) is 2.70. The largest absolute Gasteiger partial charge is 0.376 e. The topological polar surface area (TPSA) is 64.3 Å². The molecule has 0 aliphatic heterocycles. The van der Waals surface area contributed by atoms with Crippen molar-refractivity contribution in [3.8, 4) is 0 Å². The number of nitrogens with two attached hydrogens (primary N) is 1. The highest BCUT2D eigenvalue weighted by molar-refractivity contribution is 7.21. The van der Waals surface area contributed by atoms with Gasteiger partial charge in [-0.3, -0.25) is 10.2 Å². The molecule has 6 heteroatoms. The summed E-state index contributed by atoms with van der Waals surface area (Å²) < 4.78 is 20.4. The molecular formula is C14H15FN2O2S. The molecule has 1 aromatic carbocycles. The average molecular weight is 294 g/mol. The van der Waals surface area contributed by atoms with Gasteiger partial charge in [0.25, 0.3) is 5.91 Å². The Morgan fingerprint density at radius 2 is 2.30 bits per heavy atom. The van der Waals surface area contributed by atoms with E-state index in [9.17, 15) is 9.18 Å². The van der Waals surface area contributed by atoms with Crippen LogP contribution in [0.5, 0.6) is 0 Å². The molecule has 0 saturated heterocycles. The van der Waals surface area contributed by atoms with Crippen LogP contribution in [0.1, 0.15) is 28.1 Å². The minimum atomic E-state index is -0.407. The summed E-state index contributed by atoms with van der Waals surface area (Å²) >= 11 is 1.23. The molecule has 1 aliphatic rings. The summed E-state index contributed by atoms with van der Waals surface area (Å²) in [6, 6.07) is 4.82. The molecule has 0 spiro atoms. The minimum Gasteiger partial charge on any atom is -0.376 e. The highest BCUT2D eigenvalue weighted by atomic mass is 32.1. The van der Waals surface area contributed by atoms with E-state index in [-0.39, 0.29) is 12.4 Å². The number of nitrogens with one attached hydrogen (secondary N) is 1. The Morgan fingerprint density at radius 1 is 1.50 bits per heavy atom. The second-order valence-corrected chi connectivity index (χ2v) is 6.01. The standard InChI is InChI=1S/C14H15FN2O2S/c15-10-2-1-3-11-12(10)9(7-19-6-8-4-5-8)13(20-11)14(18)17-16/h1-3,8H,4-7,16H2,(H,17,18). The van der Waals surface area contributed by atoms with E-state index < -0.39 is 5.91 Å². The predicted octanol–water partition coefficient (Wildman–Crippen LogP) is 2.57. The Labute approximate surface area is 119 Å². The van der Waals surface area contributed by atoms with Crippen LogP contribution in [0, 0.1) is 11.7 Å². The first-order valence-electron chi connectivity index (χ1n) is 6.49. The number of carbonyl (C=O) groups excluding carboxylic acids is 1. The lowest BCUT2D eigenvalue weighted by molar-refractivity contribution is 0.0940. The fourth-order valence-corrected chi connectivity index (χ4v) is 3.29. The Balaban J connectivity index is 1.97. The van der Waals surface area contributed by atoms with Crippen molar-refractivity contribution < 1.29 is 13.9 Å². The molecule has 1 heterocycles. The molecule has 0 radical (unpaired) electrons. The van der Waals surface area contributed by atoms with Crippen LogP contribution in [-0.2, 0) is 11.3 Å². The summed E-state index contributed by atoms with van der Waals surface area (Å²) in [7, 11) is 0. The molecule has 1 aliphatic carbocycles.